The molecule has 1 aromatic heterocycles. The van der Waals surface area contributed by atoms with E-state index in [1.54, 1.807) is 0 Å². The third-order valence-electron chi connectivity index (χ3n) is 5.38. The van der Waals surface area contributed by atoms with Crippen molar-refractivity contribution in [3.63, 3.8) is 0 Å². The SMILES string of the molecule is N[C@@H]1CCCC[C@H]1C[C@H]1CCCN(c2cnc(C(F)(F)F)nc2)C1. The second-order valence-corrected chi connectivity index (χ2v) is 7.16. The molecule has 7 heteroatoms. The number of hydrogen-bond donors (Lipinski definition) is 1. The van der Waals surface area contributed by atoms with Crippen LogP contribution < -0.4 is 10.6 Å². The Morgan fingerprint density at radius 1 is 1.08 bits per heavy atom. The Hall–Kier alpha value is -1.37. The predicted molar refractivity (Wildman–Crippen MR) is 86.5 cm³/mol. The molecule has 1 aromatic rings. The Bertz CT molecular complexity index is 532. The Kier molecular flexibility index (Phi) is 5.27. The summed E-state index contributed by atoms with van der Waals surface area (Å²) in [7, 11) is 0. The molecule has 0 unspecified atom stereocenters. The Balaban J connectivity index is 1.60. The quantitative estimate of drug-likeness (QED) is 0.911. The van der Waals surface area contributed by atoms with Crippen LogP contribution in [0.1, 0.15) is 50.8 Å². The van der Waals surface area contributed by atoms with Crippen molar-refractivity contribution in [2.75, 3.05) is 18.0 Å². The molecule has 2 N–H and O–H groups in total. The molecule has 134 valence electrons. The summed E-state index contributed by atoms with van der Waals surface area (Å²) in [5.41, 5.74) is 6.94. The smallest absolute Gasteiger partial charge is 0.369 e. The van der Waals surface area contributed by atoms with Gasteiger partial charge in [-0.15, -0.1) is 0 Å². The average Bonchev–Trinajstić information content (AvgIpc) is 2.57. The number of nitrogens with zero attached hydrogens (tertiary/aromatic N) is 3. The van der Waals surface area contributed by atoms with Crippen LogP contribution in [-0.4, -0.2) is 29.1 Å². The summed E-state index contributed by atoms with van der Waals surface area (Å²) >= 11 is 0. The van der Waals surface area contributed by atoms with Crippen LogP contribution in [0, 0.1) is 11.8 Å². The number of piperidine rings is 1. The summed E-state index contributed by atoms with van der Waals surface area (Å²) in [6, 6.07) is 0.309. The zero-order valence-corrected chi connectivity index (χ0v) is 13.8. The first-order valence-corrected chi connectivity index (χ1v) is 8.83. The Labute approximate surface area is 140 Å². The van der Waals surface area contributed by atoms with E-state index in [4.69, 9.17) is 5.73 Å². The first-order chi connectivity index (χ1) is 11.4. The number of alkyl halides is 3. The van der Waals surface area contributed by atoms with Crippen LogP contribution in [-0.2, 0) is 6.18 Å². The third-order valence-corrected chi connectivity index (χ3v) is 5.38. The second kappa shape index (κ2) is 7.25. The van der Waals surface area contributed by atoms with E-state index in [0.29, 0.717) is 23.6 Å². The van der Waals surface area contributed by atoms with E-state index in [9.17, 15) is 13.2 Å². The highest BCUT2D eigenvalue weighted by molar-refractivity contribution is 5.42. The van der Waals surface area contributed by atoms with Gasteiger partial charge in [-0.3, -0.25) is 0 Å². The Morgan fingerprint density at radius 2 is 1.79 bits per heavy atom. The highest BCUT2D eigenvalue weighted by Gasteiger charge is 2.34. The van der Waals surface area contributed by atoms with Crippen LogP contribution in [0.2, 0.25) is 0 Å². The lowest BCUT2D eigenvalue weighted by Gasteiger charge is -2.38. The van der Waals surface area contributed by atoms with E-state index >= 15 is 0 Å². The molecule has 0 bridgehead atoms. The van der Waals surface area contributed by atoms with Gasteiger partial charge < -0.3 is 10.6 Å². The van der Waals surface area contributed by atoms with Gasteiger partial charge in [0.25, 0.3) is 0 Å². The molecule has 1 aliphatic heterocycles. The predicted octanol–water partition coefficient (Wildman–Crippen LogP) is 3.62. The molecule has 1 saturated heterocycles. The summed E-state index contributed by atoms with van der Waals surface area (Å²) in [4.78, 5) is 9.07. The molecule has 2 aliphatic rings. The zero-order chi connectivity index (χ0) is 17.2. The van der Waals surface area contributed by atoms with E-state index in [1.807, 2.05) is 0 Å². The molecule has 3 atom stereocenters. The molecule has 0 radical (unpaired) electrons. The van der Waals surface area contributed by atoms with Crippen molar-refractivity contribution >= 4 is 5.69 Å². The summed E-state index contributed by atoms with van der Waals surface area (Å²) in [6.07, 6.45) is 6.27. The van der Waals surface area contributed by atoms with Crippen molar-refractivity contribution in [2.45, 2.75) is 57.2 Å². The number of nitrogens with two attached hydrogens (primary N) is 1. The molecular weight excluding hydrogens is 317 g/mol. The van der Waals surface area contributed by atoms with Gasteiger partial charge in [0.15, 0.2) is 0 Å². The largest absolute Gasteiger partial charge is 0.451 e. The van der Waals surface area contributed by atoms with Crippen LogP contribution in [0.15, 0.2) is 12.4 Å². The molecule has 4 nitrogen and oxygen atoms in total. The molecule has 24 heavy (non-hydrogen) atoms. The first-order valence-electron chi connectivity index (χ1n) is 8.83. The number of halogens is 3. The highest BCUT2D eigenvalue weighted by Crippen LogP contribution is 2.33. The normalized spacial score (nSPS) is 28.8. The molecule has 0 amide bonds. The minimum atomic E-state index is -4.49. The van der Waals surface area contributed by atoms with Crippen LogP contribution in [0.4, 0.5) is 18.9 Å². The standard InChI is InChI=1S/C17H25F3N4/c18-17(19,20)16-22-9-14(10-23-16)24-7-3-4-12(11-24)8-13-5-1-2-6-15(13)21/h9-10,12-13,15H,1-8,11,21H2/t12-,13+,15-/m1/s1. The van der Waals surface area contributed by atoms with E-state index in [1.165, 1.54) is 38.1 Å². The summed E-state index contributed by atoms with van der Waals surface area (Å²) in [6.45, 7) is 1.71. The molecule has 3 rings (SSSR count). The molecular formula is C17H25F3N4. The Morgan fingerprint density at radius 3 is 2.46 bits per heavy atom. The van der Waals surface area contributed by atoms with Crippen LogP contribution >= 0.6 is 0 Å². The van der Waals surface area contributed by atoms with Crippen molar-refractivity contribution in [3.05, 3.63) is 18.2 Å². The maximum atomic E-state index is 12.6. The van der Waals surface area contributed by atoms with Crippen molar-refractivity contribution in [2.24, 2.45) is 17.6 Å². The maximum absolute atomic E-state index is 12.6. The fraction of sp³-hybridized carbons (Fsp3) is 0.765. The van der Waals surface area contributed by atoms with Crippen molar-refractivity contribution in [1.29, 1.82) is 0 Å². The van der Waals surface area contributed by atoms with E-state index in [2.05, 4.69) is 14.9 Å². The molecule has 1 saturated carbocycles. The minimum Gasteiger partial charge on any atom is -0.369 e. The molecule has 2 heterocycles. The monoisotopic (exact) mass is 342 g/mol. The van der Waals surface area contributed by atoms with Gasteiger partial charge in [-0.05, 0) is 43.9 Å². The number of aromatic nitrogens is 2. The van der Waals surface area contributed by atoms with Gasteiger partial charge in [0.1, 0.15) is 0 Å². The van der Waals surface area contributed by atoms with Gasteiger partial charge in [0.05, 0.1) is 18.1 Å². The lowest BCUT2D eigenvalue weighted by molar-refractivity contribution is -0.144. The lowest BCUT2D eigenvalue weighted by Crippen LogP contribution is -2.40. The van der Waals surface area contributed by atoms with E-state index in [0.717, 1.165) is 32.4 Å². The van der Waals surface area contributed by atoms with Gasteiger partial charge in [0, 0.05) is 19.1 Å². The zero-order valence-electron chi connectivity index (χ0n) is 13.8. The summed E-state index contributed by atoms with van der Waals surface area (Å²) in [5.74, 6) is 0.0655. The van der Waals surface area contributed by atoms with Crippen LogP contribution in [0.5, 0.6) is 0 Å². The lowest BCUT2D eigenvalue weighted by atomic mass is 9.77. The van der Waals surface area contributed by atoms with Crippen molar-refractivity contribution in [3.8, 4) is 0 Å². The van der Waals surface area contributed by atoms with Gasteiger partial charge >= 0.3 is 6.18 Å². The summed E-state index contributed by atoms with van der Waals surface area (Å²) in [5, 5.41) is 0. The maximum Gasteiger partial charge on any atom is 0.451 e. The van der Waals surface area contributed by atoms with E-state index < -0.39 is 12.0 Å². The van der Waals surface area contributed by atoms with Crippen molar-refractivity contribution < 1.29 is 13.2 Å². The molecule has 0 spiro atoms. The highest BCUT2D eigenvalue weighted by atomic mass is 19.4. The first kappa shape index (κ1) is 17.5. The van der Waals surface area contributed by atoms with Gasteiger partial charge in [-0.1, -0.05) is 12.8 Å². The minimum absolute atomic E-state index is 0.309. The van der Waals surface area contributed by atoms with Crippen LogP contribution in [0.25, 0.3) is 0 Å². The van der Waals surface area contributed by atoms with Crippen LogP contribution in [0.3, 0.4) is 0 Å². The average molecular weight is 342 g/mol. The van der Waals surface area contributed by atoms with Gasteiger partial charge in [-0.25, -0.2) is 9.97 Å². The van der Waals surface area contributed by atoms with Gasteiger partial charge in [0.2, 0.25) is 5.82 Å². The fourth-order valence-electron chi connectivity index (χ4n) is 4.08. The van der Waals surface area contributed by atoms with Crippen molar-refractivity contribution in [1.82, 2.24) is 9.97 Å². The second-order valence-electron chi connectivity index (χ2n) is 7.16. The van der Waals surface area contributed by atoms with E-state index in [-0.39, 0.29) is 0 Å². The third kappa shape index (κ3) is 4.18. The van der Waals surface area contributed by atoms with Gasteiger partial charge in [-0.2, -0.15) is 13.2 Å². The number of anilines is 1. The number of hydrogen-bond acceptors (Lipinski definition) is 4. The molecule has 1 aliphatic carbocycles. The summed E-state index contributed by atoms with van der Waals surface area (Å²) < 4.78 is 37.7. The molecule has 0 aromatic carbocycles. The fourth-order valence-corrected chi connectivity index (χ4v) is 4.08. The topological polar surface area (TPSA) is 55.0 Å². The number of rotatable bonds is 3. The molecule has 2 fully saturated rings.